The molecule has 1 saturated heterocycles. The fraction of sp³-hybridized carbons (Fsp3) is 0.500. The number of carbonyl (C=O) groups excluding carboxylic acids is 1. The van der Waals surface area contributed by atoms with Crippen LogP contribution in [0.15, 0.2) is 23.1 Å². The Balaban J connectivity index is 1.45. The maximum atomic E-state index is 12.3. The number of aromatic nitrogens is 4. The summed E-state index contributed by atoms with van der Waals surface area (Å²) in [5.41, 5.74) is 0.377. The van der Waals surface area contributed by atoms with Crippen LogP contribution in [0.2, 0.25) is 0 Å². The van der Waals surface area contributed by atoms with E-state index in [0.717, 1.165) is 25.1 Å². The first kappa shape index (κ1) is 12.4. The topological polar surface area (TPSA) is 85.0 Å². The van der Waals surface area contributed by atoms with Crippen LogP contribution in [0.25, 0.3) is 0 Å². The number of nitrogens with zero attached hydrogens (tertiary/aromatic N) is 5. The van der Waals surface area contributed by atoms with Crippen molar-refractivity contribution < 1.29 is 9.32 Å². The first-order valence-corrected chi connectivity index (χ1v) is 7.20. The van der Waals surface area contributed by atoms with Gasteiger partial charge in [-0.1, -0.05) is 5.16 Å². The van der Waals surface area contributed by atoms with Gasteiger partial charge in [0.2, 0.25) is 5.89 Å². The smallest absolute Gasteiger partial charge is 0.274 e. The van der Waals surface area contributed by atoms with Crippen molar-refractivity contribution in [2.75, 3.05) is 13.1 Å². The Hall–Kier alpha value is -2.31. The van der Waals surface area contributed by atoms with Gasteiger partial charge >= 0.3 is 0 Å². The van der Waals surface area contributed by atoms with E-state index in [1.165, 1.54) is 12.4 Å². The molecule has 1 aliphatic heterocycles. The minimum absolute atomic E-state index is 0.0902. The molecule has 3 heterocycles. The molecule has 4 rings (SSSR count). The summed E-state index contributed by atoms with van der Waals surface area (Å²) in [4.78, 5) is 26.5. The maximum absolute atomic E-state index is 12.3. The van der Waals surface area contributed by atoms with E-state index in [1.807, 2.05) is 0 Å². The van der Waals surface area contributed by atoms with Crippen LogP contribution in [-0.4, -0.2) is 44.0 Å². The van der Waals surface area contributed by atoms with Crippen LogP contribution in [0, 0.1) is 0 Å². The highest BCUT2D eigenvalue weighted by Crippen LogP contribution is 2.39. The molecular weight excluding hydrogens is 270 g/mol. The van der Waals surface area contributed by atoms with Crippen LogP contribution >= 0.6 is 0 Å². The first-order chi connectivity index (χ1) is 10.3. The normalized spacial score (nSPS) is 21.7. The summed E-state index contributed by atoms with van der Waals surface area (Å²) in [7, 11) is 0. The van der Waals surface area contributed by atoms with E-state index in [2.05, 4.69) is 20.1 Å². The Morgan fingerprint density at radius 3 is 2.90 bits per heavy atom. The predicted molar refractivity (Wildman–Crippen MR) is 71.6 cm³/mol. The van der Waals surface area contributed by atoms with Crippen LogP contribution in [0.4, 0.5) is 0 Å². The Labute approximate surface area is 121 Å². The molecule has 0 N–H and O–H groups in total. The molecule has 1 unspecified atom stereocenters. The Kier molecular flexibility index (Phi) is 2.90. The van der Waals surface area contributed by atoms with Crippen LogP contribution in [0.1, 0.15) is 53.3 Å². The lowest BCUT2D eigenvalue weighted by Gasteiger charge is -2.14. The van der Waals surface area contributed by atoms with Gasteiger partial charge in [-0.05, 0) is 19.3 Å². The predicted octanol–water partition coefficient (Wildman–Crippen LogP) is 1.37. The Morgan fingerprint density at radius 1 is 1.24 bits per heavy atom. The van der Waals surface area contributed by atoms with Gasteiger partial charge in [-0.2, -0.15) is 4.98 Å². The van der Waals surface area contributed by atoms with Gasteiger partial charge in [0.25, 0.3) is 5.91 Å². The van der Waals surface area contributed by atoms with Gasteiger partial charge in [-0.3, -0.25) is 9.78 Å². The lowest BCUT2D eigenvalue weighted by atomic mass is 10.1. The zero-order valence-corrected chi connectivity index (χ0v) is 11.5. The summed E-state index contributed by atoms with van der Waals surface area (Å²) in [5, 5.41) is 4.04. The number of hydrogen-bond acceptors (Lipinski definition) is 6. The molecule has 0 radical (unpaired) electrons. The maximum Gasteiger partial charge on any atom is 0.274 e. The average molecular weight is 285 g/mol. The summed E-state index contributed by atoms with van der Waals surface area (Å²) in [6.07, 6.45) is 7.73. The molecule has 108 valence electrons. The van der Waals surface area contributed by atoms with Gasteiger partial charge in [0.1, 0.15) is 5.69 Å². The van der Waals surface area contributed by atoms with E-state index in [4.69, 9.17) is 4.52 Å². The number of carbonyl (C=O) groups is 1. The lowest BCUT2D eigenvalue weighted by Crippen LogP contribution is -2.29. The molecule has 0 bridgehead atoms. The molecule has 0 aromatic carbocycles. The third-order valence-corrected chi connectivity index (χ3v) is 4.01. The minimum Gasteiger partial charge on any atom is -0.339 e. The number of hydrogen-bond donors (Lipinski definition) is 0. The second-order valence-electron chi connectivity index (χ2n) is 5.59. The Bertz CT molecular complexity index is 652. The number of likely N-dealkylation sites (tertiary alicyclic amines) is 1. The van der Waals surface area contributed by atoms with Crippen molar-refractivity contribution in [2.45, 2.75) is 31.1 Å². The largest absolute Gasteiger partial charge is 0.339 e. The van der Waals surface area contributed by atoms with Crippen molar-refractivity contribution in [1.82, 2.24) is 25.0 Å². The highest BCUT2D eigenvalue weighted by Gasteiger charge is 2.34. The fourth-order valence-corrected chi connectivity index (χ4v) is 2.64. The standard InChI is InChI=1S/C14H15N5O2/c20-14(11-7-15-4-5-16-11)19-6-3-10(8-19)13-17-12(18-21-13)9-1-2-9/h4-5,7,9-10H,1-3,6,8H2. The third-order valence-electron chi connectivity index (χ3n) is 4.01. The van der Waals surface area contributed by atoms with Gasteiger partial charge in [-0.15, -0.1) is 0 Å². The molecule has 2 fully saturated rings. The van der Waals surface area contributed by atoms with Crippen molar-refractivity contribution in [3.8, 4) is 0 Å². The van der Waals surface area contributed by atoms with Crippen LogP contribution in [0.5, 0.6) is 0 Å². The fourth-order valence-electron chi connectivity index (χ4n) is 2.64. The van der Waals surface area contributed by atoms with Gasteiger partial charge in [0.05, 0.1) is 12.1 Å². The number of rotatable bonds is 3. The van der Waals surface area contributed by atoms with Gasteiger partial charge < -0.3 is 9.42 Å². The summed E-state index contributed by atoms with van der Waals surface area (Å²) in [6.45, 7) is 1.28. The molecule has 7 nitrogen and oxygen atoms in total. The summed E-state index contributed by atoms with van der Waals surface area (Å²) in [5.74, 6) is 2.01. The monoisotopic (exact) mass is 285 g/mol. The average Bonchev–Trinajstić information content (AvgIpc) is 3.07. The van der Waals surface area contributed by atoms with Crippen molar-refractivity contribution >= 4 is 5.91 Å². The second kappa shape index (κ2) is 4.91. The molecule has 0 spiro atoms. The first-order valence-electron chi connectivity index (χ1n) is 7.20. The molecular formula is C14H15N5O2. The zero-order chi connectivity index (χ0) is 14.2. The molecule has 2 aliphatic rings. The van der Waals surface area contributed by atoms with Crippen molar-refractivity contribution in [1.29, 1.82) is 0 Å². The van der Waals surface area contributed by atoms with Crippen molar-refractivity contribution in [3.05, 3.63) is 36.0 Å². The molecule has 1 atom stereocenters. The molecule has 21 heavy (non-hydrogen) atoms. The highest BCUT2D eigenvalue weighted by molar-refractivity contribution is 5.92. The summed E-state index contributed by atoms with van der Waals surface area (Å²) < 4.78 is 5.36. The lowest BCUT2D eigenvalue weighted by molar-refractivity contribution is 0.0783. The molecule has 1 saturated carbocycles. The number of amides is 1. The molecule has 7 heteroatoms. The van der Waals surface area contributed by atoms with Gasteiger partial charge in [0, 0.05) is 31.4 Å². The van der Waals surface area contributed by atoms with Crippen LogP contribution < -0.4 is 0 Å². The van der Waals surface area contributed by atoms with E-state index < -0.39 is 0 Å². The molecule has 2 aromatic rings. The zero-order valence-electron chi connectivity index (χ0n) is 11.5. The van der Waals surface area contributed by atoms with Crippen molar-refractivity contribution in [3.63, 3.8) is 0 Å². The van der Waals surface area contributed by atoms with Gasteiger partial charge in [0.15, 0.2) is 5.82 Å². The molecule has 2 aromatic heterocycles. The van der Waals surface area contributed by atoms with E-state index in [0.29, 0.717) is 30.6 Å². The second-order valence-corrected chi connectivity index (χ2v) is 5.59. The molecule has 1 aliphatic carbocycles. The van der Waals surface area contributed by atoms with E-state index in [9.17, 15) is 4.79 Å². The van der Waals surface area contributed by atoms with E-state index >= 15 is 0 Å². The van der Waals surface area contributed by atoms with Crippen molar-refractivity contribution in [2.24, 2.45) is 0 Å². The highest BCUT2D eigenvalue weighted by atomic mass is 16.5. The molecule has 1 amide bonds. The van der Waals surface area contributed by atoms with E-state index in [-0.39, 0.29) is 11.8 Å². The van der Waals surface area contributed by atoms with Crippen LogP contribution in [0.3, 0.4) is 0 Å². The minimum atomic E-state index is -0.0902. The quantitative estimate of drug-likeness (QED) is 0.846. The van der Waals surface area contributed by atoms with E-state index in [1.54, 1.807) is 11.1 Å². The van der Waals surface area contributed by atoms with Gasteiger partial charge in [-0.25, -0.2) is 4.98 Å². The summed E-state index contributed by atoms with van der Waals surface area (Å²) >= 11 is 0. The summed E-state index contributed by atoms with van der Waals surface area (Å²) in [6, 6.07) is 0. The Morgan fingerprint density at radius 2 is 2.14 bits per heavy atom. The third kappa shape index (κ3) is 2.39. The SMILES string of the molecule is O=C(c1cnccn1)N1CCC(c2nc(C3CC3)no2)C1. The van der Waals surface area contributed by atoms with Crippen LogP contribution in [-0.2, 0) is 0 Å².